The molecule has 33 heavy (non-hydrogen) atoms. The first-order valence-corrected chi connectivity index (χ1v) is 13.6. The molecule has 0 radical (unpaired) electrons. The maximum absolute atomic E-state index is 12.5. The largest absolute Gasteiger partial charge is 0.481 e. The van der Waals surface area contributed by atoms with E-state index in [1.54, 1.807) is 17.8 Å². The van der Waals surface area contributed by atoms with Crippen LogP contribution in [0.25, 0.3) is 10.8 Å². The Balaban J connectivity index is 1.50. The molecule has 1 saturated carbocycles. The van der Waals surface area contributed by atoms with Crippen LogP contribution < -0.4 is 0 Å². The predicted octanol–water partition coefficient (Wildman–Crippen LogP) is 4.20. The third-order valence-electron chi connectivity index (χ3n) is 5.96. The Labute approximate surface area is 203 Å². The van der Waals surface area contributed by atoms with Gasteiger partial charge in [0.15, 0.2) is 0 Å². The number of carbonyl (C=O) groups is 2. The Hall–Kier alpha value is -1.80. The highest BCUT2D eigenvalue weighted by Crippen LogP contribution is 2.38. The summed E-state index contributed by atoms with van der Waals surface area (Å²) in [6.07, 6.45) is 5.65. The van der Waals surface area contributed by atoms with E-state index in [-0.39, 0.29) is 35.2 Å². The number of fused-ring (bicyclic) bond motifs is 1. The summed E-state index contributed by atoms with van der Waals surface area (Å²) in [7, 11) is 0. The van der Waals surface area contributed by atoms with Crippen molar-refractivity contribution >= 4 is 46.0 Å². The van der Waals surface area contributed by atoms with Gasteiger partial charge in [0.1, 0.15) is 5.78 Å². The fourth-order valence-electron chi connectivity index (χ4n) is 4.21. The van der Waals surface area contributed by atoms with Crippen molar-refractivity contribution in [1.82, 2.24) is 0 Å². The zero-order valence-electron chi connectivity index (χ0n) is 18.6. The number of Topliss-reactive ketones (excluding diaryl/α,β-unsaturated/α-hetero) is 1. The predicted molar refractivity (Wildman–Crippen MR) is 137 cm³/mol. The van der Waals surface area contributed by atoms with Crippen LogP contribution in [0, 0.1) is 11.8 Å². The summed E-state index contributed by atoms with van der Waals surface area (Å²) in [4.78, 5) is 23.1. The maximum Gasteiger partial charge on any atom is 0.313 e. The Bertz CT molecular complexity index is 961. The van der Waals surface area contributed by atoms with Crippen molar-refractivity contribution in [2.75, 3.05) is 23.9 Å². The number of benzene rings is 2. The SMILES string of the molecule is O=C(O)CSCCCS[C@H]1C(=O)C[C@@H](CO)[C@@H]1C=CC(O)CCc1ccc2ccccc2c1. The number of hydrogen-bond acceptors (Lipinski definition) is 6. The smallest absolute Gasteiger partial charge is 0.313 e. The molecular formula is C26H32O5S2. The highest BCUT2D eigenvalue weighted by Gasteiger charge is 2.40. The molecular weight excluding hydrogens is 456 g/mol. The van der Waals surface area contributed by atoms with Gasteiger partial charge >= 0.3 is 5.97 Å². The molecule has 5 nitrogen and oxygen atoms in total. The molecule has 3 N–H and O–H groups in total. The van der Waals surface area contributed by atoms with Gasteiger partial charge in [-0.1, -0.05) is 54.6 Å². The molecule has 7 heteroatoms. The van der Waals surface area contributed by atoms with Crippen molar-refractivity contribution in [2.24, 2.45) is 11.8 Å². The molecule has 0 heterocycles. The third-order valence-corrected chi connectivity index (χ3v) is 8.45. The first-order valence-electron chi connectivity index (χ1n) is 11.4. The van der Waals surface area contributed by atoms with Crippen LogP contribution in [0.5, 0.6) is 0 Å². The molecule has 0 spiro atoms. The normalized spacial score (nSPS) is 21.8. The average molecular weight is 489 g/mol. The molecule has 1 aliphatic carbocycles. The van der Waals surface area contributed by atoms with Gasteiger partial charge in [0.05, 0.1) is 17.1 Å². The lowest BCUT2D eigenvalue weighted by Gasteiger charge is -2.19. The third kappa shape index (κ3) is 7.88. The molecule has 0 aromatic heterocycles. The Morgan fingerprint density at radius 1 is 1.15 bits per heavy atom. The number of hydrogen-bond donors (Lipinski definition) is 3. The molecule has 0 bridgehead atoms. The number of ketones is 1. The van der Waals surface area contributed by atoms with Crippen LogP contribution in [0.1, 0.15) is 24.8 Å². The Morgan fingerprint density at radius 2 is 1.94 bits per heavy atom. The summed E-state index contributed by atoms with van der Waals surface area (Å²) in [5.74, 6) is 0.761. The molecule has 1 fully saturated rings. The van der Waals surface area contributed by atoms with Crippen LogP contribution in [0.15, 0.2) is 54.6 Å². The molecule has 1 aliphatic rings. The van der Waals surface area contributed by atoms with E-state index in [0.29, 0.717) is 12.8 Å². The van der Waals surface area contributed by atoms with E-state index in [4.69, 9.17) is 5.11 Å². The number of aliphatic hydroxyl groups excluding tert-OH is 2. The fourth-order valence-corrected chi connectivity index (χ4v) is 6.45. The monoisotopic (exact) mass is 488 g/mol. The van der Waals surface area contributed by atoms with Crippen molar-refractivity contribution < 1.29 is 24.9 Å². The van der Waals surface area contributed by atoms with E-state index < -0.39 is 12.1 Å². The molecule has 3 rings (SSSR count). The molecule has 1 unspecified atom stereocenters. The zero-order valence-corrected chi connectivity index (χ0v) is 20.3. The molecule has 2 aromatic rings. The zero-order chi connectivity index (χ0) is 23.6. The van der Waals surface area contributed by atoms with Crippen LogP contribution in [0.4, 0.5) is 0 Å². The summed E-state index contributed by atoms with van der Waals surface area (Å²) >= 11 is 2.97. The van der Waals surface area contributed by atoms with Crippen LogP contribution in [0.3, 0.4) is 0 Å². The first kappa shape index (κ1) is 25.8. The quantitative estimate of drug-likeness (QED) is 0.287. The van der Waals surface area contributed by atoms with Crippen LogP contribution in [-0.2, 0) is 16.0 Å². The van der Waals surface area contributed by atoms with Gasteiger partial charge in [0, 0.05) is 18.9 Å². The van der Waals surface area contributed by atoms with Gasteiger partial charge in [-0.25, -0.2) is 0 Å². The van der Waals surface area contributed by atoms with E-state index in [1.165, 1.54) is 28.1 Å². The number of allylic oxidation sites excluding steroid dienone is 1. The maximum atomic E-state index is 12.5. The summed E-state index contributed by atoms with van der Waals surface area (Å²) in [6.45, 7) is -0.0422. The molecule has 2 aromatic carbocycles. The minimum atomic E-state index is -0.811. The lowest BCUT2D eigenvalue weighted by atomic mass is 9.95. The minimum absolute atomic E-state index is 0.0422. The van der Waals surface area contributed by atoms with E-state index in [1.807, 2.05) is 18.2 Å². The Kier molecular flexibility index (Phi) is 10.3. The van der Waals surface area contributed by atoms with Gasteiger partial charge in [-0.15, -0.1) is 11.8 Å². The molecule has 0 saturated heterocycles. The number of rotatable bonds is 13. The van der Waals surface area contributed by atoms with E-state index in [9.17, 15) is 19.8 Å². The van der Waals surface area contributed by atoms with Crippen molar-refractivity contribution in [1.29, 1.82) is 0 Å². The second-order valence-electron chi connectivity index (χ2n) is 8.45. The second kappa shape index (κ2) is 13.2. The van der Waals surface area contributed by atoms with Gasteiger partial charge in [0.25, 0.3) is 0 Å². The molecule has 4 atom stereocenters. The molecule has 0 amide bonds. The van der Waals surface area contributed by atoms with E-state index in [2.05, 4.69) is 30.3 Å². The highest BCUT2D eigenvalue weighted by atomic mass is 32.2. The summed E-state index contributed by atoms with van der Waals surface area (Å²) in [6, 6.07) is 14.6. The second-order valence-corrected chi connectivity index (χ2v) is 10.8. The van der Waals surface area contributed by atoms with E-state index in [0.717, 1.165) is 24.3 Å². The minimum Gasteiger partial charge on any atom is -0.481 e. The summed E-state index contributed by atoms with van der Waals surface area (Å²) in [5.41, 5.74) is 1.18. The van der Waals surface area contributed by atoms with Crippen molar-refractivity contribution in [2.45, 2.75) is 37.0 Å². The summed E-state index contributed by atoms with van der Waals surface area (Å²) in [5, 5.41) is 31.1. The average Bonchev–Trinajstić information content (AvgIpc) is 3.12. The van der Waals surface area contributed by atoms with Crippen LogP contribution in [0.2, 0.25) is 0 Å². The first-order chi connectivity index (χ1) is 16.0. The number of carbonyl (C=O) groups excluding carboxylic acids is 1. The number of aliphatic carboxylic acids is 1. The summed E-state index contributed by atoms with van der Waals surface area (Å²) < 4.78 is 0. The van der Waals surface area contributed by atoms with Crippen molar-refractivity contribution in [3.8, 4) is 0 Å². The Morgan fingerprint density at radius 3 is 2.70 bits per heavy atom. The number of thioether (sulfide) groups is 2. The lowest BCUT2D eigenvalue weighted by molar-refractivity contribution is -0.133. The van der Waals surface area contributed by atoms with E-state index >= 15 is 0 Å². The highest BCUT2D eigenvalue weighted by molar-refractivity contribution is 8.01. The standard InChI is InChI=1S/C26H32O5S2/c27-16-21-15-24(29)26(33-13-3-12-32-17-25(30)31)23(21)11-10-22(28)9-7-18-6-8-19-4-1-2-5-20(19)14-18/h1-2,4-6,8,10-11,14,21-23,26-28H,3,7,9,12-13,15-17H2,(H,30,31)/t21-,22?,23-,26+/m0/s1. The van der Waals surface area contributed by atoms with Crippen molar-refractivity contribution in [3.05, 3.63) is 60.2 Å². The van der Waals surface area contributed by atoms with Crippen LogP contribution >= 0.6 is 23.5 Å². The van der Waals surface area contributed by atoms with Crippen LogP contribution in [-0.4, -0.2) is 62.3 Å². The molecule has 178 valence electrons. The number of carboxylic acids is 1. The number of aryl methyl sites for hydroxylation is 1. The van der Waals surface area contributed by atoms with Gasteiger partial charge in [-0.3, -0.25) is 9.59 Å². The molecule has 0 aliphatic heterocycles. The topological polar surface area (TPSA) is 94.8 Å². The van der Waals surface area contributed by atoms with Gasteiger partial charge in [-0.2, -0.15) is 11.8 Å². The van der Waals surface area contributed by atoms with Gasteiger partial charge < -0.3 is 15.3 Å². The van der Waals surface area contributed by atoms with Gasteiger partial charge in [-0.05, 0) is 53.0 Å². The van der Waals surface area contributed by atoms with Crippen molar-refractivity contribution in [3.63, 3.8) is 0 Å². The lowest BCUT2D eigenvalue weighted by Crippen LogP contribution is -2.21. The fraction of sp³-hybridized carbons (Fsp3) is 0.462. The van der Waals surface area contributed by atoms with Gasteiger partial charge in [0.2, 0.25) is 0 Å². The number of carboxylic acid groups (broad SMARTS) is 1. The number of aliphatic hydroxyl groups is 2.